The van der Waals surface area contributed by atoms with Crippen molar-refractivity contribution in [1.82, 2.24) is 9.55 Å². The fourth-order valence-electron chi connectivity index (χ4n) is 1.70. The third-order valence-electron chi connectivity index (χ3n) is 2.48. The zero-order valence-electron chi connectivity index (χ0n) is 8.92. The molecule has 0 saturated carbocycles. The van der Waals surface area contributed by atoms with E-state index in [1.165, 1.54) is 16.7 Å². The second-order valence-corrected chi connectivity index (χ2v) is 3.89. The molecule has 3 nitrogen and oxygen atoms in total. The van der Waals surface area contributed by atoms with E-state index in [1.54, 1.807) is 13.8 Å². The topological polar surface area (TPSA) is 34.9 Å². The van der Waals surface area contributed by atoms with Crippen LogP contribution in [0.2, 0.25) is 5.28 Å². The number of rotatable bonds is 1. The monoisotopic (exact) mass is 240 g/mol. The standard InChI is InChI=1S/C11H10ClFN2O/c1-3-15-10(16)8-5-7(13)4-6(2)9(8)14-11(15)12/h4-5H,3H2,1-2H3. The van der Waals surface area contributed by atoms with Crippen molar-refractivity contribution in [3.63, 3.8) is 0 Å². The maximum absolute atomic E-state index is 13.2. The highest BCUT2D eigenvalue weighted by molar-refractivity contribution is 6.28. The van der Waals surface area contributed by atoms with E-state index in [9.17, 15) is 9.18 Å². The highest BCUT2D eigenvalue weighted by atomic mass is 35.5. The molecule has 0 bridgehead atoms. The molecule has 16 heavy (non-hydrogen) atoms. The molecule has 0 saturated heterocycles. The SMILES string of the molecule is CCn1c(Cl)nc2c(C)cc(F)cc2c1=O. The minimum Gasteiger partial charge on any atom is -0.283 e. The van der Waals surface area contributed by atoms with Crippen LogP contribution in [0.25, 0.3) is 10.9 Å². The molecule has 5 heteroatoms. The fraction of sp³-hybridized carbons (Fsp3) is 0.273. The number of aryl methyl sites for hydroxylation is 1. The molecule has 2 rings (SSSR count). The van der Waals surface area contributed by atoms with Crippen LogP contribution in [0.5, 0.6) is 0 Å². The summed E-state index contributed by atoms with van der Waals surface area (Å²) in [6.45, 7) is 3.90. The highest BCUT2D eigenvalue weighted by Gasteiger charge is 2.11. The van der Waals surface area contributed by atoms with Gasteiger partial charge in [-0.25, -0.2) is 9.37 Å². The predicted molar refractivity (Wildman–Crippen MR) is 61.4 cm³/mol. The van der Waals surface area contributed by atoms with Gasteiger partial charge in [0.15, 0.2) is 0 Å². The van der Waals surface area contributed by atoms with Crippen LogP contribution in [0.1, 0.15) is 12.5 Å². The molecule has 0 aliphatic carbocycles. The van der Waals surface area contributed by atoms with Gasteiger partial charge >= 0.3 is 0 Å². The van der Waals surface area contributed by atoms with Crippen molar-refractivity contribution < 1.29 is 4.39 Å². The lowest BCUT2D eigenvalue weighted by atomic mass is 10.1. The smallest absolute Gasteiger partial charge is 0.262 e. The van der Waals surface area contributed by atoms with Crippen molar-refractivity contribution in [2.24, 2.45) is 0 Å². The zero-order valence-corrected chi connectivity index (χ0v) is 9.68. The Morgan fingerprint density at radius 1 is 1.50 bits per heavy atom. The van der Waals surface area contributed by atoms with Crippen LogP contribution in [0, 0.1) is 12.7 Å². The third kappa shape index (κ3) is 1.59. The van der Waals surface area contributed by atoms with Gasteiger partial charge in [-0.05, 0) is 43.1 Å². The van der Waals surface area contributed by atoms with Gasteiger partial charge in [-0.1, -0.05) is 0 Å². The Kier molecular flexibility index (Phi) is 2.68. The van der Waals surface area contributed by atoms with Crippen LogP contribution in [0.3, 0.4) is 0 Å². The molecule has 84 valence electrons. The van der Waals surface area contributed by atoms with Crippen molar-refractivity contribution >= 4 is 22.5 Å². The Bertz CT molecular complexity index is 621. The molecule has 0 fully saturated rings. The number of aromatic nitrogens is 2. The first-order valence-corrected chi connectivity index (χ1v) is 5.28. The maximum atomic E-state index is 13.2. The van der Waals surface area contributed by atoms with Crippen LogP contribution < -0.4 is 5.56 Å². The van der Waals surface area contributed by atoms with Gasteiger partial charge in [0.25, 0.3) is 5.56 Å². The van der Waals surface area contributed by atoms with Crippen LogP contribution in [0.15, 0.2) is 16.9 Å². The third-order valence-corrected chi connectivity index (χ3v) is 2.77. The minimum absolute atomic E-state index is 0.134. The molecule has 1 aromatic carbocycles. The summed E-state index contributed by atoms with van der Waals surface area (Å²) in [5.41, 5.74) is 0.762. The Hall–Kier alpha value is -1.42. The van der Waals surface area contributed by atoms with Crippen LogP contribution in [-0.4, -0.2) is 9.55 Å². The number of nitrogens with zero attached hydrogens (tertiary/aromatic N) is 2. The lowest BCUT2D eigenvalue weighted by molar-refractivity contribution is 0.627. The Labute approximate surface area is 96.5 Å². The number of benzene rings is 1. The summed E-state index contributed by atoms with van der Waals surface area (Å²) >= 11 is 5.88. The molecule has 0 unspecified atom stereocenters. The summed E-state index contributed by atoms with van der Waals surface area (Å²) in [6, 6.07) is 2.53. The predicted octanol–water partition coefficient (Wildman–Crippen LogP) is 2.52. The Balaban J connectivity index is 2.99. The first-order valence-electron chi connectivity index (χ1n) is 4.90. The highest BCUT2D eigenvalue weighted by Crippen LogP contribution is 2.17. The van der Waals surface area contributed by atoms with Crippen molar-refractivity contribution in [2.45, 2.75) is 20.4 Å². The quantitative estimate of drug-likeness (QED) is 0.718. The number of hydrogen-bond donors (Lipinski definition) is 0. The van der Waals surface area contributed by atoms with E-state index in [4.69, 9.17) is 11.6 Å². The summed E-state index contributed by atoms with van der Waals surface area (Å²) in [6.07, 6.45) is 0. The second-order valence-electron chi connectivity index (χ2n) is 3.55. The number of fused-ring (bicyclic) bond motifs is 1. The fourth-order valence-corrected chi connectivity index (χ4v) is 1.98. The average Bonchev–Trinajstić information content (AvgIpc) is 2.21. The van der Waals surface area contributed by atoms with Crippen LogP contribution in [-0.2, 0) is 6.54 Å². The van der Waals surface area contributed by atoms with E-state index in [-0.39, 0.29) is 16.2 Å². The lowest BCUT2D eigenvalue weighted by Gasteiger charge is -2.08. The van der Waals surface area contributed by atoms with Gasteiger partial charge in [-0.2, -0.15) is 0 Å². The first-order chi connectivity index (χ1) is 7.54. The molecule has 0 atom stereocenters. The molecule has 2 aromatic rings. The second kappa shape index (κ2) is 3.87. The lowest BCUT2D eigenvalue weighted by Crippen LogP contribution is -2.21. The van der Waals surface area contributed by atoms with Gasteiger partial charge in [-0.15, -0.1) is 0 Å². The maximum Gasteiger partial charge on any atom is 0.262 e. The largest absolute Gasteiger partial charge is 0.283 e. The molecule has 0 amide bonds. The summed E-state index contributed by atoms with van der Waals surface area (Å²) in [7, 11) is 0. The van der Waals surface area contributed by atoms with E-state index in [2.05, 4.69) is 4.98 Å². The molecule has 0 aliphatic rings. The molecule has 0 N–H and O–H groups in total. The Morgan fingerprint density at radius 3 is 2.81 bits per heavy atom. The molecule has 0 aliphatic heterocycles. The Morgan fingerprint density at radius 2 is 2.19 bits per heavy atom. The van der Waals surface area contributed by atoms with Gasteiger partial charge in [0.2, 0.25) is 5.28 Å². The van der Waals surface area contributed by atoms with Crippen LogP contribution >= 0.6 is 11.6 Å². The zero-order chi connectivity index (χ0) is 11.9. The molecule has 0 spiro atoms. The van der Waals surface area contributed by atoms with Gasteiger partial charge < -0.3 is 0 Å². The molecular formula is C11H10ClFN2O. The van der Waals surface area contributed by atoms with Crippen molar-refractivity contribution in [3.8, 4) is 0 Å². The minimum atomic E-state index is -0.436. The first kappa shape index (κ1) is 11.1. The summed E-state index contributed by atoms with van der Waals surface area (Å²) in [5, 5.41) is 0.401. The van der Waals surface area contributed by atoms with E-state index >= 15 is 0 Å². The molecular weight excluding hydrogens is 231 g/mol. The average molecular weight is 241 g/mol. The van der Waals surface area contributed by atoms with Gasteiger partial charge in [-0.3, -0.25) is 9.36 Å². The molecule has 0 radical (unpaired) electrons. The van der Waals surface area contributed by atoms with Gasteiger partial charge in [0.05, 0.1) is 10.9 Å². The molecule has 1 heterocycles. The van der Waals surface area contributed by atoms with Crippen molar-refractivity contribution in [3.05, 3.63) is 39.2 Å². The number of halogens is 2. The van der Waals surface area contributed by atoms with Gasteiger partial charge in [0.1, 0.15) is 5.82 Å². The molecule has 1 aromatic heterocycles. The normalized spacial score (nSPS) is 11.0. The number of hydrogen-bond acceptors (Lipinski definition) is 2. The van der Waals surface area contributed by atoms with E-state index in [1.807, 2.05) is 0 Å². The summed E-state index contributed by atoms with van der Waals surface area (Å²) < 4.78 is 14.5. The summed E-state index contributed by atoms with van der Waals surface area (Å²) in [4.78, 5) is 16.1. The van der Waals surface area contributed by atoms with Crippen LogP contribution in [0.4, 0.5) is 4.39 Å². The van der Waals surface area contributed by atoms with Crippen molar-refractivity contribution in [1.29, 1.82) is 0 Å². The van der Waals surface area contributed by atoms with Crippen molar-refractivity contribution in [2.75, 3.05) is 0 Å². The van der Waals surface area contributed by atoms with E-state index in [0.29, 0.717) is 17.6 Å². The summed E-state index contributed by atoms with van der Waals surface area (Å²) in [5.74, 6) is -0.436. The van der Waals surface area contributed by atoms with E-state index < -0.39 is 5.82 Å². The van der Waals surface area contributed by atoms with Gasteiger partial charge in [0, 0.05) is 6.54 Å². The van der Waals surface area contributed by atoms with E-state index in [0.717, 1.165) is 0 Å².